The molecule has 0 aliphatic heterocycles. The Bertz CT molecular complexity index is 114. The maximum atomic E-state index is 9.71. The molecule has 0 N–H and O–H groups in total. The molecular formula is C7H13NO. The summed E-state index contributed by atoms with van der Waals surface area (Å²) in [6.07, 6.45) is 2.52. The molecule has 0 unspecified atom stereocenters. The lowest BCUT2D eigenvalue weighted by Gasteiger charge is -2.05. The van der Waals surface area contributed by atoms with Crippen molar-refractivity contribution in [3.8, 4) is 0 Å². The van der Waals surface area contributed by atoms with E-state index in [1.165, 1.54) is 0 Å². The van der Waals surface area contributed by atoms with Gasteiger partial charge >= 0.3 is 0 Å². The standard InChI is InChI=1S/C7H13NO/c1-6(2)4-7(3)8-5-9/h6-7H,4H2,1-3H3/t7-/m0/s1. The molecule has 0 amide bonds. The van der Waals surface area contributed by atoms with Crippen LogP contribution in [-0.2, 0) is 4.79 Å². The highest BCUT2D eigenvalue weighted by molar-refractivity contribution is 5.33. The number of hydrogen-bond donors (Lipinski definition) is 0. The fourth-order valence-electron chi connectivity index (χ4n) is 0.825. The second-order valence-electron chi connectivity index (χ2n) is 2.70. The van der Waals surface area contributed by atoms with Gasteiger partial charge in [0.1, 0.15) is 0 Å². The normalized spacial score (nSPS) is 12.9. The van der Waals surface area contributed by atoms with Crippen LogP contribution in [0.25, 0.3) is 0 Å². The Morgan fingerprint density at radius 3 is 2.33 bits per heavy atom. The molecule has 1 atom stereocenters. The summed E-state index contributed by atoms with van der Waals surface area (Å²) in [5.41, 5.74) is 0. The summed E-state index contributed by atoms with van der Waals surface area (Å²) in [5, 5.41) is 0. The number of rotatable bonds is 3. The lowest BCUT2D eigenvalue weighted by molar-refractivity contribution is 0.511. The monoisotopic (exact) mass is 127 g/mol. The molecule has 52 valence electrons. The Balaban J connectivity index is 3.49. The van der Waals surface area contributed by atoms with Crippen molar-refractivity contribution in [2.75, 3.05) is 0 Å². The van der Waals surface area contributed by atoms with Crippen molar-refractivity contribution in [3.63, 3.8) is 0 Å². The predicted molar refractivity (Wildman–Crippen MR) is 37.0 cm³/mol. The van der Waals surface area contributed by atoms with Crippen molar-refractivity contribution in [1.82, 2.24) is 0 Å². The number of carbonyl (C=O) groups excluding carboxylic acids is 1. The van der Waals surface area contributed by atoms with Gasteiger partial charge in [0.25, 0.3) is 0 Å². The molecule has 0 rings (SSSR count). The summed E-state index contributed by atoms with van der Waals surface area (Å²) in [6.45, 7) is 6.14. The third-order valence-corrected chi connectivity index (χ3v) is 1.09. The third-order valence-electron chi connectivity index (χ3n) is 1.09. The van der Waals surface area contributed by atoms with Crippen LogP contribution in [0.2, 0.25) is 0 Å². The summed E-state index contributed by atoms with van der Waals surface area (Å²) in [4.78, 5) is 13.3. The minimum atomic E-state index is 0.141. The lowest BCUT2D eigenvalue weighted by atomic mass is 10.1. The zero-order chi connectivity index (χ0) is 7.28. The average Bonchev–Trinajstić information content (AvgIpc) is 1.63. The minimum Gasteiger partial charge on any atom is -0.211 e. The number of nitrogens with zero attached hydrogens (tertiary/aromatic N) is 1. The molecule has 0 spiro atoms. The van der Waals surface area contributed by atoms with Crippen LogP contribution in [0.5, 0.6) is 0 Å². The number of aliphatic imine (C=N–C) groups is 1. The van der Waals surface area contributed by atoms with Crippen molar-refractivity contribution >= 4 is 6.08 Å². The maximum Gasteiger partial charge on any atom is 0.235 e. The van der Waals surface area contributed by atoms with Gasteiger partial charge in [-0.15, -0.1) is 0 Å². The van der Waals surface area contributed by atoms with E-state index in [0.29, 0.717) is 5.92 Å². The molecule has 0 fully saturated rings. The van der Waals surface area contributed by atoms with Crippen LogP contribution < -0.4 is 0 Å². The van der Waals surface area contributed by atoms with Crippen molar-refractivity contribution in [3.05, 3.63) is 0 Å². The largest absolute Gasteiger partial charge is 0.235 e. The molecule has 2 heteroatoms. The molecule has 0 heterocycles. The van der Waals surface area contributed by atoms with Crippen LogP contribution in [0.15, 0.2) is 4.99 Å². The SMILES string of the molecule is CC(C)C[C@H](C)N=C=O. The van der Waals surface area contributed by atoms with E-state index in [1.54, 1.807) is 6.08 Å². The fourth-order valence-corrected chi connectivity index (χ4v) is 0.825. The maximum absolute atomic E-state index is 9.71. The Kier molecular flexibility index (Phi) is 3.98. The molecular weight excluding hydrogens is 114 g/mol. The molecule has 2 nitrogen and oxygen atoms in total. The van der Waals surface area contributed by atoms with E-state index in [9.17, 15) is 4.79 Å². The summed E-state index contributed by atoms with van der Waals surface area (Å²) in [5.74, 6) is 0.608. The Morgan fingerprint density at radius 2 is 2.00 bits per heavy atom. The third kappa shape index (κ3) is 5.25. The van der Waals surface area contributed by atoms with E-state index in [-0.39, 0.29) is 6.04 Å². The summed E-state index contributed by atoms with van der Waals surface area (Å²) in [6, 6.07) is 0.141. The first-order valence-electron chi connectivity index (χ1n) is 3.23. The summed E-state index contributed by atoms with van der Waals surface area (Å²) < 4.78 is 0. The number of hydrogen-bond acceptors (Lipinski definition) is 2. The second-order valence-corrected chi connectivity index (χ2v) is 2.70. The molecule has 0 aromatic carbocycles. The van der Waals surface area contributed by atoms with E-state index < -0.39 is 0 Å². The zero-order valence-electron chi connectivity index (χ0n) is 6.22. The van der Waals surface area contributed by atoms with E-state index >= 15 is 0 Å². The first-order valence-corrected chi connectivity index (χ1v) is 3.23. The Labute approximate surface area is 56.0 Å². The summed E-state index contributed by atoms with van der Waals surface area (Å²) >= 11 is 0. The zero-order valence-corrected chi connectivity index (χ0v) is 6.22. The van der Waals surface area contributed by atoms with Crippen LogP contribution in [-0.4, -0.2) is 12.1 Å². The van der Waals surface area contributed by atoms with Gasteiger partial charge < -0.3 is 0 Å². The number of isocyanates is 1. The predicted octanol–water partition coefficient (Wildman–Crippen LogP) is 1.76. The highest BCUT2D eigenvalue weighted by Gasteiger charge is 2.00. The van der Waals surface area contributed by atoms with E-state index in [4.69, 9.17) is 0 Å². The molecule has 0 aliphatic rings. The van der Waals surface area contributed by atoms with Crippen LogP contribution >= 0.6 is 0 Å². The van der Waals surface area contributed by atoms with E-state index in [1.807, 2.05) is 6.92 Å². The highest BCUT2D eigenvalue weighted by atomic mass is 16.1. The summed E-state index contributed by atoms with van der Waals surface area (Å²) in [7, 11) is 0. The highest BCUT2D eigenvalue weighted by Crippen LogP contribution is 2.05. The molecule has 0 aliphatic carbocycles. The van der Waals surface area contributed by atoms with Crippen LogP contribution in [0.4, 0.5) is 0 Å². The van der Waals surface area contributed by atoms with Gasteiger partial charge in [0.15, 0.2) is 0 Å². The van der Waals surface area contributed by atoms with Gasteiger partial charge in [0, 0.05) is 0 Å². The molecule has 0 bridgehead atoms. The smallest absolute Gasteiger partial charge is 0.211 e. The molecule has 9 heavy (non-hydrogen) atoms. The molecule has 0 radical (unpaired) electrons. The minimum absolute atomic E-state index is 0.141. The van der Waals surface area contributed by atoms with E-state index in [2.05, 4.69) is 18.8 Å². The van der Waals surface area contributed by atoms with Crippen molar-refractivity contribution < 1.29 is 4.79 Å². The van der Waals surface area contributed by atoms with Crippen LogP contribution in [0.3, 0.4) is 0 Å². The topological polar surface area (TPSA) is 29.4 Å². The second kappa shape index (κ2) is 4.28. The van der Waals surface area contributed by atoms with Crippen molar-refractivity contribution in [1.29, 1.82) is 0 Å². The molecule has 0 aromatic heterocycles. The van der Waals surface area contributed by atoms with Gasteiger partial charge in [0.2, 0.25) is 6.08 Å². The average molecular weight is 127 g/mol. The van der Waals surface area contributed by atoms with Crippen LogP contribution in [0, 0.1) is 5.92 Å². The Morgan fingerprint density at radius 1 is 1.44 bits per heavy atom. The van der Waals surface area contributed by atoms with Gasteiger partial charge in [-0.25, -0.2) is 9.79 Å². The van der Waals surface area contributed by atoms with E-state index in [0.717, 1.165) is 6.42 Å². The van der Waals surface area contributed by atoms with Gasteiger partial charge in [-0.1, -0.05) is 13.8 Å². The van der Waals surface area contributed by atoms with Gasteiger partial charge in [-0.05, 0) is 19.3 Å². The van der Waals surface area contributed by atoms with Gasteiger partial charge in [-0.2, -0.15) is 0 Å². The first-order chi connectivity index (χ1) is 4.16. The first kappa shape index (κ1) is 8.38. The van der Waals surface area contributed by atoms with Gasteiger partial charge in [0.05, 0.1) is 6.04 Å². The van der Waals surface area contributed by atoms with Gasteiger partial charge in [-0.3, -0.25) is 0 Å². The molecule has 0 saturated carbocycles. The lowest BCUT2D eigenvalue weighted by Crippen LogP contribution is -2.01. The fraction of sp³-hybridized carbons (Fsp3) is 0.857. The van der Waals surface area contributed by atoms with Crippen molar-refractivity contribution in [2.24, 2.45) is 10.9 Å². The van der Waals surface area contributed by atoms with Crippen LogP contribution in [0.1, 0.15) is 27.2 Å². The quantitative estimate of drug-likeness (QED) is 0.419. The van der Waals surface area contributed by atoms with Crippen molar-refractivity contribution in [2.45, 2.75) is 33.2 Å². The molecule has 0 aromatic rings. The molecule has 0 saturated heterocycles. The Hall–Kier alpha value is -0.620.